The van der Waals surface area contributed by atoms with Gasteiger partial charge in [0.25, 0.3) is 0 Å². The van der Waals surface area contributed by atoms with E-state index in [0.717, 1.165) is 10.6 Å². The Hall–Kier alpha value is -1.80. The topological polar surface area (TPSA) is 92.4 Å². The lowest BCUT2D eigenvalue weighted by atomic mass is 10.3. The minimum atomic E-state index is -1.05. The molecule has 0 saturated carbocycles. The van der Waals surface area contributed by atoms with E-state index < -0.39 is 12.0 Å². The van der Waals surface area contributed by atoms with Crippen LogP contribution in [0.3, 0.4) is 0 Å². The van der Waals surface area contributed by atoms with Crippen molar-refractivity contribution in [3.8, 4) is 10.8 Å². The molecule has 6 nitrogen and oxygen atoms in total. The van der Waals surface area contributed by atoms with Crippen LogP contribution in [-0.4, -0.2) is 34.3 Å². The maximum Gasteiger partial charge on any atom is 0.327 e. The van der Waals surface area contributed by atoms with Gasteiger partial charge in [0.2, 0.25) is 12.3 Å². The van der Waals surface area contributed by atoms with Gasteiger partial charge in [0.15, 0.2) is 0 Å². The summed E-state index contributed by atoms with van der Waals surface area (Å²) < 4.78 is 5.36. The summed E-state index contributed by atoms with van der Waals surface area (Å²) in [6.07, 6.45) is 1.95. The van der Waals surface area contributed by atoms with Gasteiger partial charge in [-0.1, -0.05) is 6.07 Å². The first kappa shape index (κ1) is 14.6. The van der Waals surface area contributed by atoms with E-state index in [1.165, 1.54) is 23.1 Å². The van der Waals surface area contributed by atoms with Crippen molar-refractivity contribution in [1.82, 2.24) is 10.3 Å². The summed E-state index contributed by atoms with van der Waals surface area (Å²) in [6, 6.07) is 2.95. The van der Waals surface area contributed by atoms with Gasteiger partial charge in [-0.15, -0.1) is 11.3 Å². The number of oxazole rings is 1. The van der Waals surface area contributed by atoms with Crippen molar-refractivity contribution in [2.45, 2.75) is 11.8 Å². The number of rotatable bonds is 8. The van der Waals surface area contributed by atoms with Gasteiger partial charge in [-0.3, -0.25) is 4.79 Å². The third kappa shape index (κ3) is 3.84. The summed E-state index contributed by atoms with van der Waals surface area (Å²) >= 11 is 2.91. The number of amides is 1. The molecule has 2 aromatic rings. The van der Waals surface area contributed by atoms with Crippen LogP contribution in [0.4, 0.5) is 0 Å². The van der Waals surface area contributed by atoms with Crippen molar-refractivity contribution in [2.75, 3.05) is 5.75 Å². The van der Waals surface area contributed by atoms with E-state index in [1.807, 2.05) is 17.5 Å². The Bertz CT molecular complexity index is 568. The fourth-order valence-corrected chi connectivity index (χ4v) is 3.03. The largest absolute Gasteiger partial charge is 0.480 e. The maximum absolute atomic E-state index is 10.8. The highest BCUT2D eigenvalue weighted by Crippen LogP contribution is 2.24. The molecule has 106 valence electrons. The lowest BCUT2D eigenvalue weighted by Crippen LogP contribution is -2.37. The van der Waals surface area contributed by atoms with E-state index in [4.69, 9.17) is 9.52 Å². The van der Waals surface area contributed by atoms with Crippen molar-refractivity contribution in [3.05, 3.63) is 29.5 Å². The van der Waals surface area contributed by atoms with Gasteiger partial charge in [0.05, 0.1) is 10.6 Å². The highest BCUT2D eigenvalue weighted by molar-refractivity contribution is 7.98. The monoisotopic (exact) mass is 312 g/mol. The summed E-state index contributed by atoms with van der Waals surface area (Å²) in [6.45, 7) is 0. The lowest BCUT2D eigenvalue weighted by Gasteiger charge is -2.09. The molecule has 0 fully saturated rings. The number of carboxylic acid groups (broad SMARTS) is 1. The average Bonchev–Trinajstić information content (AvgIpc) is 3.08. The van der Waals surface area contributed by atoms with Crippen LogP contribution in [0, 0.1) is 0 Å². The summed E-state index contributed by atoms with van der Waals surface area (Å²) in [5.74, 6) is 0.314. The highest BCUT2D eigenvalue weighted by atomic mass is 32.2. The van der Waals surface area contributed by atoms with Gasteiger partial charge in [-0.25, -0.2) is 9.78 Å². The van der Waals surface area contributed by atoms with Crippen LogP contribution in [0.5, 0.6) is 0 Å². The number of hydrogen-bond acceptors (Lipinski definition) is 6. The summed E-state index contributed by atoms with van der Waals surface area (Å²) in [5, 5.41) is 13.1. The van der Waals surface area contributed by atoms with Crippen LogP contribution in [0.25, 0.3) is 10.8 Å². The zero-order chi connectivity index (χ0) is 14.4. The third-order valence-corrected chi connectivity index (χ3v) is 4.31. The van der Waals surface area contributed by atoms with E-state index in [2.05, 4.69) is 10.3 Å². The predicted octanol–water partition coefficient (Wildman–Crippen LogP) is 1.84. The number of hydrogen-bond donors (Lipinski definition) is 2. The summed E-state index contributed by atoms with van der Waals surface area (Å²) in [4.78, 5) is 26.4. The molecule has 8 heteroatoms. The van der Waals surface area contributed by atoms with E-state index in [1.54, 1.807) is 6.26 Å². The molecule has 2 rings (SSSR count). The van der Waals surface area contributed by atoms with Gasteiger partial charge in [-0.2, -0.15) is 11.8 Å². The first-order valence-corrected chi connectivity index (χ1v) is 7.72. The van der Waals surface area contributed by atoms with E-state index in [0.29, 0.717) is 18.1 Å². The van der Waals surface area contributed by atoms with Gasteiger partial charge in [0.1, 0.15) is 12.3 Å². The average molecular weight is 312 g/mol. The molecule has 0 spiro atoms. The Balaban J connectivity index is 1.85. The predicted molar refractivity (Wildman–Crippen MR) is 76.6 cm³/mol. The summed E-state index contributed by atoms with van der Waals surface area (Å²) in [7, 11) is 0. The van der Waals surface area contributed by atoms with Crippen LogP contribution in [-0.2, 0) is 15.3 Å². The van der Waals surface area contributed by atoms with Crippen molar-refractivity contribution in [1.29, 1.82) is 0 Å². The van der Waals surface area contributed by atoms with Gasteiger partial charge >= 0.3 is 5.97 Å². The minimum absolute atomic E-state index is 0.273. The van der Waals surface area contributed by atoms with Crippen LogP contribution in [0.15, 0.2) is 28.2 Å². The molecule has 0 bridgehead atoms. The number of carbonyl (C=O) groups is 2. The van der Waals surface area contributed by atoms with Crippen LogP contribution < -0.4 is 5.32 Å². The second kappa shape index (κ2) is 7.11. The Morgan fingerprint density at radius 3 is 3.15 bits per heavy atom. The molecule has 0 aliphatic rings. The van der Waals surface area contributed by atoms with Crippen LogP contribution in [0.2, 0.25) is 0 Å². The fraction of sp³-hybridized carbons (Fsp3) is 0.250. The molecule has 0 radical (unpaired) electrons. The number of carboxylic acids is 1. The molecule has 1 amide bonds. The van der Waals surface area contributed by atoms with Crippen molar-refractivity contribution >= 4 is 35.5 Å². The van der Waals surface area contributed by atoms with Crippen molar-refractivity contribution in [2.24, 2.45) is 0 Å². The normalized spacial score (nSPS) is 12.0. The molecule has 1 unspecified atom stereocenters. The van der Waals surface area contributed by atoms with Crippen molar-refractivity contribution < 1.29 is 19.1 Å². The molecule has 2 heterocycles. The van der Waals surface area contributed by atoms with Gasteiger partial charge in [-0.05, 0) is 11.4 Å². The molecular weight excluding hydrogens is 300 g/mol. The number of thiophene rings is 1. The van der Waals surface area contributed by atoms with E-state index >= 15 is 0 Å². The molecule has 1 atom stereocenters. The fourth-order valence-electron chi connectivity index (χ4n) is 1.44. The van der Waals surface area contributed by atoms with E-state index in [-0.39, 0.29) is 5.75 Å². The standard InChI is InChI=1S/C12H12N2O4S2/c15-7-13-9(12(16)17)6-19-5-8-4-18-11(14-8)10-2-1-3-20-10/h1-4,7,9H,5-6H2,(H,13,15)(H,16,17). The Morgan fingerprint density at radius 1 is 1.65 bits per heavy atom. The van der Waals surface area contributed by atoms with E-state index in [9.17, 15) is 9.59 Å². The van der Waals surface area contributed by atoms with Crippen LogP contribution >= 0.6 is 23.1 Å². The Kier molecular flexibility index (Phi) is 5.19. The number of carbonyl (C=O) groups excluding carboxylic acids is 1. The number of aromatic nitrogens is 1. The molecule has 0 aliphatic carbocycles. The van der Waals surface area contributed by atoms with Gasteiger partial charge < -0.3 is 14.8 Å². The van der Waals surface area contributed by atoms with Crippen molar-refractivity contribution in [3.63, 3.8) is 0 Å². The zero-order valence-electron chi connectivity index (χ0n) is 10.3. The second-order valence-corrected chi connectivity index (χ2v) is 5.79. The quantitative estimate of drug-likeness (QED) is 0.723. The molecule has 0 aliphatic heterocycles. The first-order valence-electron chi connectivity index (χ1n) is 5.69. The molecule has 20 heavy (non-hydrogen) atoms. The minimum Gasteiger partial charge on any atom is -0.480 e. The number of aliphatic carboxylic acids is 1. The molecule has 0 aromatic carbocycles. The Labute approximate surface area is 123 Å². The first-order chi connectivity index (χ1) is 9.70. The number of thioether (sulfide) groups is 1. The Morgan fingerprint density at radius 2 is 2.50 bits per heavy atom. The highest BCUT2D eigenvalue weighted by Gasteiger charge is 2.16. The zero-order valence-corrected chi connectivity index (χ0v) is 11.9. The maximum atomic E-state index is 10.8. The smallest absolute Gasteiger partial charge is 0.327 e. The second-order valence-electron chi connectivity index (χ2n) is 3.81. The molecule has 2 aromatic heterocycles. The third-order valence-electron chi connectivity index (χ3n) is 2.39. The molecule has 2 N–H and O–H groups in total. The number of nitrogens with zero attached hydrogens (tertiary/aromatic N) is 1. The van der Waals surface area contributed by atoms with Crippen LogP contribution in [0.1, 0.15) is 5.69 Å². The lowest BCUT2D eigenvalue weighted by molar-refractivity contribution is -0.139. The summed E-state index contributed by atoms with van der Waals surface area (Å²) in [5.41, 5.74) is 0.744. The molecular formula is C12H12N2O4S2. The number of nitrogens with one attached hydrogen (secondary N) is 1. The SMILES string of the molecule is O=CNC(CSCc1coc(-c2cccs2)n1)C(=O)O. The molecule has 0 saturated heterocycles. The van der Waals surface area contributed by atoms with Gasteiger partial charge in [0, 0.05) is 11.5 Å².